The Morgan fingerprint density at radius 3 is 2.48 bits per heavy atom. The maximum Gasteiger partial charge on any atom is 0.416 e. The zero-order valence-corrected chi connectivity index (χ0v) is 14.7. The van der Waals surface area contributed by atoms with E-state index in [4.69, 9.17) is 10.5 Å². The first kappa shape index (κ1) is 19.0. The van der Waals surface area contributed by atoms with Crippen LogP contribution in [-0.2, 0) is 17.5 Å². The second-order valence-corrected chi connectivity index (χ2v) is 6.13. The molecule has 1 heterocycles. The maximum absolute atomic E-state index is 13.5. The average molecular weight is 378 g/mol. The number of hydrogen-bond donors (Lipinski definition) is 2. The normalized spacial score (nSPS) is 15.7. The van der Waals surface area contributed by atoms with Gasteiger partial charge in [0.15, 0.2) is 5.96 Å². The molecule has 5 nitrogen and oxygen atoms in total. The van der Waals surface area contributed by atoms with Crippen LogP contribution in [0.5, 0.6) is 0 Å². The number of morpholine rings is 1. The van der Waals surface area contributed by atoms with Gasteiger partial charge in [-0.05, 0) is 29.8 Å². The number of ether oxygens (including phenoxy) is 1. The van der Waals surface area contributed by atoms with Gasteiger partial charge in [0.25, 0.3) is 0 Å². The number of halogens is 3. The summed E-state index contributed by atoms with van der Waals surface area (Å²) >= 11 is 0. The van der Waals surface area contributed by atoms with E-state index in [0.29, 0.717) is 32.0 Å². The van der Waals surface area contributed by atoms with Crippen molar-refractivity contribution in [2.24, 2.45) is 10.7 Å². The largest absolute Gasteiger partial charge is 0.416 e. The monoisotopic (exact) mass is 378 g/mol. The first-order chi connectivity index (χ1) is 12.9. The fourth-order valence-electron chi connectivity index (χ4n) is 2.86. The first-order valence-corrected chi connectivity index (χ1v) is 8.58. The highest BCUT2D eigenvalue weighted by atomic mass is 19.4. The van der Waals surface area contributed by atoms with Crippen molar-refractivity contribution in [1.82, 2.24) is 0 Å². The minimum absolute atomic E-state index is 0.0616. The van der Waals surface area contributed by atoms with Crippen LogP contribution in [0.3, 0.4) is 0 Å². The van der Waals surface area contributed by atoms with Crippen molar-refractivity contribution in [3.8, 4) is 0 Å². The number of guanidine groups is 1. The summed E-state index contributed by atoms with van der Waals surface area (Å²) in [6.45, 7) is 2.00. The minimum atomic E-state index is -4.46. The lowest BCUT2D eigenvalue weighted by Crippen LogP contribution is -2.36. The van der Waals surface area contributed by atoms with Crippen LogP contribution in [-0.4, -0.2) is 32.3 Å². The number of nitrogens with two attached hydrogens (primary N) is 1. The summed E-state index contributed by atoms with van der Waals surface area (Å²) in [7, 11) is 0. The van der Waals surface area contributed by atoms with Crippen LogP contribution in [0.15, 0.2) is 53.5 Å². The molecule has 3 N–H and O–H groups in total. The standard InChI is InChI=1S/C19H21F3N4O/c20-19(21,22)17-12-16(26-8-10-27-11-9-26)7-6-14(17)13-24-18(23)25-15-4-2-1-3-5-15/h1-7,12H,8-11,13H2,(H3,23,24,25). The van der Waals surface area contributed by atoms with Gasteiger partial charge >= 0.3 is 6.18 Å². The third kappa shape index (κ3) is 5.13. The van der Waals surface area contributed by atoms with Crippen molar-refractivity contribution in [2.75, 3.05) is 36.5 Å². The summed E-state index contributed by atoms with van der Waals surface area (Å²) in [6, 6.07) is 13.4. The SMILES string of the molecule is NC(=NCc1ccc(N2CCOCC2)cc1C(F)(F)F)Nc1ccccc1. The molecule has 3 rings (SSSR count). The molecule has 2 aromatic rings. The van der Waals surface area contributed by atoms with Gasteiger partial charge in [-0.3, -0.25) is 0 Å². The number of nitrogens with one attached hydrogen (secondary N) is 1. The Balaban J connectivity index is 1.78. The van der Waals surface area contributed by atoms with Crippen LogP contribution in [0.25, 0.3) is 0 Å². The summed E-state index contributed by atoms with van der Waals surface area (Å²) < 4.78 is 45.8. The van der Waals surface area contributed by atoms with Gasteiger partial charge in [0.1, 0.15) is 0 Å². The molecule has 0 atom stereocenters. The van der Waals surface area contributed by atoms with Crippen molar-refractivity contribution < 1.29 is 17.9 Å². The summed E-state index contributed by atoms with van der Waals surface area (Å²) in [5.41, 5.74) is 6.44. The van der Waals surface area contributed by atoms with Crippen LogP contribution in [0.2, 0.25) is 0 Å². The van der Waals surface area contributed by atoms with Gasteiger partial charge < -0.3 is 20.7 Å². The predicted molar refractivity (Wildman–Crippen MR) is 99.9 cm³/mol. The number of rotatable bonds is 4. The van der Waals surface area contributed by atoms with Crippen molar-refractivity contribution >= 4 is 17.3 Å². The van der Waals surface area contributed by atoms with E-state index in [1.54, 1.807) is 18.2 Å². The highest BCUT2D eigenvalue weighted by Gasteiger charge is 2.34. The van der Waals surface area contributed by atoms with E-state index >= 15 is 0 Å². The molecule has 0 bridgehead atoms. The van der Waals surface area contributed by atoms with E-state index in [1.807, 2.05) is 23.1 Å². The average Bonchev–Trinajstić information content (AvgIpc) is 2.67. The third-order valence-corrected chi connectivity index (χ3v) is 4.24. The second-order valence-electron chi connectivity index (χ2n) is 6.13. The van der Waals surface area contributed by atoms with Gasteiger partial charge in [0.2, 0.25) is 0 Å². The molecule has 0 spiro atoms. The number of anilines is 2. The van der Waals surface area contributed by atoms with Crippen LogP contribution < -0.4 is 16.0 Å². The number of alkyl halides is 3. The van der Waals surface area contributed by atoms with Crippen molar-refractivity contribution in [2.45, 2.75) is 12.7 Å². The Bertz CT molecular complexity index is 787. The fraction of sp³-hybridized carbons (Fsp3) is 0.316. The minimum Gasteiger partial charge on any atom is -0.378 e. The lowest BCUT2D eigenvalue weighted by Gasteiger charge is -2.29. The van der Waals surface area contributed by atoms with Gasteiger partial charge in [-0.1, -0.05) is 24.3 Å². The molecule has 0 amide bonds. The van der Waals surface area contributed by atoms with E-state index < -0.39 is 11.7 Å². The molecule has 2 aromatic carbocycles. The van der Waals surface area contributed by atoms with Crippen molar-refractivity contribution in [1.29, 1.82) is 0 Å². The third-order valence-electron chi connectivity index (χ3n) is 4.24. The first-order valence-electron chi connectivity index (χ1n) is 8.58. The zero-order chi connectivity index (χ0) is 19.3. The Morgan fingerprint density at radius 2 is 1.81 bits per heavy atom. The smallest absolute Gasteiger partial charge is 0.378 e. The van der Waals surface area contributed by atoms with Gasteiger partial charge in [-0.2, -0.15) is 13.2 Å². The Hall–Kier alpha value is -2.74. The highest BCUT2D eigenvalue weighted by Crippen LogP contribution is 2.35. The van der Waals surface area contributed by atoms with Gasteiger partial charge in [-0.15, -0.1) is 0 Å². The van der Waals surface area contributed by atoms with E-state index in [-0.39, 0.29) is 18.1 Å². The van der Waals surface area contributed by atoms with Crippen molar-refractivity contribution in [3.05, 3.63) is 59.7 Å². The fourth-order valence-corrected chi connectivity index (χ4v) is 2.86. The molecule has 1 saturated heterocycles. The maximum atomic E-state index is 13.5. The number of benzene rings is 2. The quantitative estimate of drug-likeness (QED) is 0.632. The zero-order valence-electron chi connectivity index (χ0n) is 14.7. The van der Waals surface area contributed by atoms with Crippen LogP contribution in [0.4, 0.5) is 24.5 Å². The molecule has 144 valence electrons. The van der Waals surface area contributed by atoms with Crippen LogP contribution >= 0.6 is 0 Å². The summed E-state index contributed by atoms with van der Waals surface area (Å²) in [6.07, 6.45) is -4.46. The lowest BCUT2D eigenvalue weighted by molar-refractivity contribution is -0.138. The van der Waals surface area contributed by atoms with E-state index in [0.717, 1.165) is 5.69 Å². The summed E-state index contributed by atoms with van der Waals surface area (Å²) in [4.78, 5) is 5.94. The topological polar surface area (TPSA) is 62.9 Å². The van der Waals surface area contributed by atoms with Crippen LogP contribution in [0.1, 0.15) is 11.1 Å². The molecule has 0 unspecified atom stereocenters. The van der Waals surface area contributed by atoms with E-state index in [9.17, 15) is 13.2 Å². The molecule has 0 aromatic heterocycles. The molecule has 0 aliphatic carbocycles. The number of nitrogens with zero attached hydrogens (tertiary/aromatic N) is 2. The highest BCUT2D eigenvalue weighted by molar-refractivity contribution is 5.92. The molecule has 1 fully saturated rings. The van der Waals surface area contributed by atoms with Gasteiger partial charge in [0.05, 0.1) is 25.3 Å². The number of hydrogen-bond acceptors (Lipinski definition) is 3. The molecule has 1 aliphatic heterocycles. The number of aliphatic imine (C=N–C) groups is 1. The molecule has 27 heavy (non-hydrogen) atoms. The molecule has 1 aliphatic rings. The Labute approximate surface area is 155 Å². The Morgan fingerprint density at radius 1 is 1.11 bits per heavy atom. The van der Waals surface area contributed by atoms with Crippen molar-refractivity contribution in [3.63, 3.8) is 0 Å². The molecule has 0 radical (unpaired) electrons. The Kier molecular flexibility index (Phi) is 5.85. The van der Waals surface area contributed by atoms with Gasteiger partial charge in [-0.25, -0.2) is 4.99 Å². The summed E-state index contributed by atoms with van der Waals surface area (Å²) in [5.74, 6) is 0.0616. The summed E-state index contributed by atoms with van der Waals surface area (Å²) in [5, 5.41) is 2.86. The van der Waals surface area contributed by atoms with Gasteiger partial charge in [0, 0.05) is 24.5 Å². The molecule has 0 saturated carbocycles. The molecular weight excluding hydrogens is 357 g/mol. The molecule has 8 heteroatoms. The van der Waals surface area contributed by atoms with E-state index in [2.05, 4.69) is 10.3 Å². The van der Waals surface area contributed by atoms with Crippen LogP contribution in [0, 0.1) is 0 Å². The predicted octanol–water partition coefficient (Wildman–Crippen LogP) is 3.47. The second kappa shape index (κ2) is 8.30. The van der Waals surface area contributed by atoms with E-state index in [1.165, 1.54) is 12.1 Å². The number of para-hydroxylation sites is 1. The lowest BCUT2D eigenvalue weighted by atomic mass is 10.1. The molecular formula is C19H21F3N4O.